The molecule has 2 N–H and O–H groups in total. The summed E-state index contributed by atoms with van der Waals surface area (Å²) >= 11 is 0. The number of unbranched alkanes of at least 4 members (excludes halogenated alkanes) is 2. The van der Waals surface area contributed by atoms with Crippen molar-refractivity contribution in [1.29, 1.82) is 0 Å². The van der Waals surface area contributed by atoms with E-state index in [4.69, 9.17) is 10.2 Å². The van der Waals surface area contributed by atoms with Gasteiger partial charge in [-0.15, -0.1) is 0 Å². The van der Waals surface area contributed by atoms with E-state index in [0.717, 1.165) is 52.5 Å². The zero-order valence-electron chi connectivity index (χ0n) is 12.4. The molecule has 0 spiro atoms. The minimum Gasteiger partial charge on any atom is -0.396 e. The number of hydrogen-bond acceptors (Lipinski definition) is 5. The molecular formula is C14H31N3O2. The summed E-state index contributed by atoms with van der Waals surface area (Å²) in [4.78, 5) is 7.26. The molecule has 1 saturated heterocycles. The van der Waals surface area contributed by atoms with Gasteiger partial charge in [0.15, 0.2) is 0 Å². The lowest BCUT2D eigenvalue weighted by atomic mass is 10.2. The van der Waals surface area contributed by atoms with Gasteiger partial charge in [0.2, 0.25) is 0 Å². The maximum absolute atomic E-state index is 8.96. The molecule has 5 heteroatoms. The van der Waals surface area contributed by atoms with E-state index in [1.54, 1.807) is 0 Å². The fourth-order valence-electron chi connectivity index (χ4n) is 2.58. The molecule has 0 aromatic carbocycles. The second-order valence-corrected chi connectivity index (χ2v) is 5.47. The van der Waals surface area contributed by atoms with E-state index < -0.39 is 0 Å². The molecule has 0 aromatic rings. The van der Waals surface area contributed by atoms with Gasteiger partial charge in [0.1, 0.15) is 0 Å². The monoisotopic (exact) mass is 273 g/mol. The van der Waals surface area contributed by atoms with Crippen molar-refractivity contribution in [3.8, 4) is 0 Å². The first-order chi connectivity index (χ1) is 9.30. The van der Waals surface area contributed by atoms with Gasteiger partial charge in [0.05, 0.1) is 20.0 Å². The van der Waals surface area contributed by atoms with Crippen molar-refractivity contribution in [1.82, 2.24) is 14.7 Å². The zero-order valence-corrected chi connectivity index (χ0v) is 12.4. The van der Waals surface area contributed by atoms with E-state index in [9.17, 15) is 0 Å². The van der Waals surface area contributed by atoms with E-state index in [2.05, 4.69) is 21.6 Å². The van der Waals surface area contributed by atoms with Crippen molar-refractivity contribution in [2.75, 3.05) is 52.9 Å². The van der Waals surface area contributed by atoms with Crippen LogP contribution < -0.4 is 0 Å². The van der Waals surface area contributed by atoms with Crippen LogP contribution in [0.4, 0.5) is 0 Å². The van der Waals surface area contributed by atoms with Crippen LogP contribution in [0, 0.1) is 0 Å². The second-order valence-electron chi connectivity index (χ2n) is 5.47. The van der Waals surface area contributed by atoms with Crippen LogP contribution in [0.25, 0.3) is 0 Å². The summed E-state index contributed by atoms with van der Waals surface area (Å²) in [5.41, 5.74) is 0. The third kappa shape index (κ3) is 7.22. The van der Waals surface area contributed by atoms with Crippen molar-refractivity contribution < 1.29 is 10.2 Å². The normalized spacial score (nSPS) is 19.1. The Labute approximate surface area is 117 Å². The Balaban J connectivity index is 2.36. The van der Waals surface area contributed by atoms with Crippen LogP contribution >= 0.6 is 0 Å². The van der Waals surface area contributed by atoms with Gasteiger partial charge >= 0.3 is 0 Å². The van der Waals surface area contributed by atoms with Crippen LogP contribution in [0.15, 0.2) is 0 Å². The molecule has 1 heterocycles. The molecule has 0 aliphatic carbocycles. The molecule has 114 valence electrons. The average molecular weight is 273 g/mol. The quantitative estimate of drug-likeness (QED) is 0.575. The Morgan fingerprint density at radius 2 is 1.11 bits per heavy atom. The lowest BCUT2D eigenvalue weighted by Gasteiger charge is -2.42. The van der Waals surface area contributed by atoms with Crippen molar-refractivity contribution in [2.24, 2.45) is 0 Å². The van der Waals surface area contributed by atoms with E-state index in [0.29, 0.717) is 0 Å². The summed E-state index contributed by atoms with van der Waals surface area (Å²) in [5, 5.41) is 17.9. The predicted octanol–water partition coefficient (Wildman–Crippen LogP) is 0.734. The Bertz CT molecular complexity index is 201. The predicted molar refractivity (Wildman–Crippen MR) is 77.6 cm³/mol. The van der Waals surface area contributed by atoms with Gasteiger partial charge in [-0.25, -0.2) is 0 Å². The molecule has 0 unspecified atom stereocenters. The van der Waals surface area contributed by atoms with E-state index >= 15 is 0 Å². The van der Waals surface area contributed by atoms with Crippen molar-refractivity contribution in [3.63, 3.8) is 0 Å². The maximum Gasteiger partial charge on any atom is 0.0530 e. The van der Waals surface area contributed by atoms with Gasteiger partial charge in [-0.3, -0.25) is 14.7 Å². The van der Waals surface area contributed by atoms with Crippen LogP contribution in [0.3, 0.4) is 0 Å². The van der Waals surface area contributed by atoms with Crippen LogP contribution in [-0.4, -0.2) is 77.8 Å². The van der Waals surface area contributed by atoms with Crippen LogP contribution in [0.5, 0.6) is 0 Å². The fraction of sp³-hybridized carbons (Fsp3) is 1.00. The standard InChI is InChI=1S/C14H31N3O2/c1-2-3-4-7-15-12-16(8-5-10-18)14-17(13-15)9-6-11-19/h18-19H,2-14H2,1H3. The third-order valence-electron chi connectivity index (χ3n) is 3.54. The number of hydrogen-bond donors (Lipinski definition) is 2. The van der Waals surface area contributed by atoms with Crippen molar-refractivity contribution in [2.45, 2.75) is 39.0 Å². The molecule has 0 atom stereocenters. The first-order valence-electron chi connectivity index (χ1n) is 7.69. The van der Waals surface area contributed by atoms with Gasteiger partial charge in [0.25, 0.3) is 0 Å². The fourth-order valence-corrected chi connectivity index (χ4v) is 2.58. The topological polar surface area (TPSA) is 50.2 Å². The summed E-state index contributed by atoms with van der Waals surface area (Å²) in [6.45, 7) is 8.82. The molecule has 1 rings (SSSR count). The smallest absolute Gasteiger partial charge is 0.0530 e. The highest BCUT2D eigenvalue weighted by molar-refractivity contribution is 4.69. The molecule has 0 bridgehead atoms. The Morgan fingerprint density at radius 3 is 1.47 bits per heavy atom. The minimum absolute atomic E-state index is 0.267. The molecule has 19 heavy (non-hydrogen) atoms. The van der Waals surface area contributed by atoms with Gasteiger partial charge in [-0.05, 0) is 19.3 Å². The molecule has 0 radical (unpaired) electrons. The van der Waals surface area contributed by atoms with E-state index in [1.807, 2.05) is 0 Å². The Morgan fingerprint density at radius 1 is 0.684 bits per heavy atom. The summed E-state index contributed by atoms with van der Waals surface area (Å²) in [7, 11) is 0. The van der Waals surface area contributed by atoms with Crippen LogP contribution in [-0.2, 0) is 0 Å². The Kier molecular flexibility index (Phi) is 9.38. The van der Waals surface area contributed by atoms with E-state index in [-0.39, 0.29) is 13.2 Å². The number of aliphatic hydroxyl groups excluding tert-OH is 2. The number of nitrogens with zero attached hydrogens (tertiary/aromatic N) is 3. The second kappa shape index (κ2) is 10.6. The van der Waals surface area contributed by atoms with E-state index in [1.165, 1.54) is 19.3 Å². The summed E-state index contributed by atoms with van der Waals surface area (Å²) in [5.74, 6) is 0. The first kappa shape index (κ1) is 16.9. The zero-order chi connectivity index (χ0) is 13.9. The highest BCUT2D eigenvalue weighted by Gasteiger charge is 2.22. The SMILES string of the molecule is CCCCCN1CN(CCCO)CN(CCCO)C1. The van der Waals surface area contributed by atoms with Crippen LogP contribution in [0.2, 0.25) is 0 Å². The molecule has 1 fully saturated rings. The van der Waals surface area contributed by atoms with Crippen molar-refractivity contribution >= 4 is 0 Å². The van der Waals surface area contributed by atoms with Gasteiger partial charge in [-0.2, -0.15) is 0 Å². The molecule has 0 saturated carbocycles. The van der Waals surface area contributed by atoms with Gasteiger partial charge in [0, 0.05) is 32.8 Å². The number of aliphatic hydroxyl groups is 2. The van der Waals surface area contributed by atoms with Gasteiger partial charge in [-0.1, -0.05) is 19.8 Å². The summed E-state index contributed by atoms with van der Waals surface area (Å²) < 4.78 is 0. The highest BCUT2D eigenvalue weighted by atomic mass is 16.3. The molecule has 5 nitrogen and oxygen atoms in total. The maximum atomic E-state index is 8.96. The molecule has 0 amide bonds. The first-order valence-corrected chi connectivity index (χ1v) is 7.69. The third-order valence-corrected chi connectivity index (χ3v) is 3.54. The lowest BCUT2D eigenvalue weighted by molar-refractivity contribution is -0.0335. The molecule has 0 aromatic heterocycles. The van der Waals surface area contributed by atoms with Gasteiger partial charge < -0.3 is 10.2 Å². The Hall–Kier alpha value is -0.200. The minimum atomic E-state index is 0.267. The van der Waals surface area contributed by atoms with Crippen LogP contribution in [0.1, 0.15) is 39.0 Å². The largest absolute Gasteiger partial charge is 0.396 e. The molecular weight excluding hydrogens is 242 g/mol. The summed E-state index contributed by atoms with van der Waals surface area (Å²) in [6, 6.07) is 0. The summed E-state index contributed by atoms with van der Waals surface area (Å²) in [6.07, 6.45) is 5.51. The molecule has 1 aliphatic heterocycles. The van der Waals surface area contributed by atoms with Crippen molar-refractivity contribution in [3.05, 3.63) is 0 Å². The molecule has 1 aliphatic rings. The highest BCUT2D eigenvalue weighted by Crippen LogP contribution is 2.10. The lowest BCUT2D eigenvalue weighted by Crippen LogP contribution is -2.55. The number of rotatable bonds is 10. The average Bonchev–Trinajstić information content (AvgIpc) is 2.43.